The Morgan fingerprint density at radius 3 is 2.81 bits per heavy atom. The lowest BCUT2D eigenvalue weighted by molar-refractivity contribution is -0.467. The Kier molecular flexibility index (Phi) is 3.98. The van der Waals surface area contributed by atoms with Crippen LogP contribution in [0.2, 0.25) is 0 Å². The quantitative estimate of drug-likeness (QED) is 0.540. The monoisotopic (exact) mass is 220 g/mol. The van der Waals surface area contributed by atoms with Gasteiger partial charge < -0.3 is 4.74 Å². The molecule has 0 heterocycles. The van der Waals surface area contributed by atoms with E-state index in [1.165, 1.54) is 12.1 Å². The van der Waals surface area contributed by atoms with E-state index in [4.69, 9.17) is 10.00 Å². The first-order chi connectivity index (χ1) is 7.63. The van der Waals surface area contributed by atoms with Gasteiger partial charge in [-0.1, -0.05) is 12.1 Å². The number of rotatable bonds is 5. The van der Waals surface area contributed by atoms with Gasteiger partial charge in [-0.05, 0) is 12.1 Å². The zero-order valence-electron chi connectivity index (χ0n) is 8.25. The van der Waals surface area contributed by atoms with Gasteiger partial charge in [-0.3, -0.25) is 14.9 Å². The lowest BCUT2D eigenvalue weighted by Gasteiger charge is -2.04. The Bertz CT molecular complexity index is 450. The van der Waals surface area contributed by atoms with E-state index in [9.17, 15) is 14.9 Å². The molecule has 0 aliphatic carbocycles. The molecule has 0 N–H and O–H groups in total. The number of ketones is 1. The zero-order chi connectivity index (χ0) is 12.0. The van der Waals surface area contributed by atoms with Gasteiger partial charge >= 0.3 is 0 Å². The van der Waals surface area contributed by atoms with E-state index in [0.717, 1.165) is 0 Å². The SMILES string of the molecule is N#Cc1ccccc1OCC(=O)C[N+](=O)[O-]. The van der Waals surface area contributed by atoms with Crippen LogP contribution in [0.15, 0.2) is 24.3 Å². The van der Waals surface area contributed by atoms with E-state index in [1.54, 1.807) is 12.1 Å². The van der Waals surface area contributed by atoms with E-state index < -0.39 is 23.9 Å². The molecule has 6 nitrogen and oxygen atoms in total. The van der Waals surface area contributed by atoms with Gasteiger partial charge in [-0.2, -0.15) is 5.26 Å². The Balaban J connectivity index is 2.58. The van der Waals surface area contributed by atoms with Crippen molar-refractivity contribution in [2.45, 2.75) is 0 Å². The van der Waals surface area contributed by atoms with Crippen LogP contribution < -0.4 is 4.74 Å². The smallest absolute Gasteiger partial charge is 0.264 e. The van der Waals surface area contributed by atoms with E-state index >= 15 is 0 Å². The largest absolute Gasteiger partial charge is 0.484 e. The second kappa shape index (κ2) is 5.46. The van der Waals surface area contributed by atoms with E-state index in [1.807, 2.05) is 6.07 Å². The summed E-state index contributed by atoms with van der Waals surface area (Å²) in [7, 11) is 0. The molecule has 0 unspecified atom stereocenters. The standard InChI is InChI=1S/C10H8N2O4/c11-5-8-3-1-2-4-10(8)16-7-9(13)6-12(14)15/h1-4H,6-7H2. The highest BCUT2D eigenvalue weighted by atomic mass is 16.6. The van der Waals surface area contributed by atoms with Crippen LogP contribution in [-0.2, 0) is 4.79 Å². The molecule has 0 bridgehead atoms. The number of carbonyl (C=O) groups excluding carboxylic acids is 1. The highest BCUT2D eigenvalue weighted by Gasteiger charge is 2.11. The average Bonchev–Trinajstić information content (AvgIpc) is 2.26. The van der Waals surface area contributed by atoms with Gasteiger partial charge in [0.25, 0.3) is 6.54 Å². The number of nitrogens with zero attached hydrogens (tertiary/aromatic N) is 2. The summed E-state index contributed by atoms with van der Waals surface area (Å²) in [4.78, 5) is 20.3. The molecular weight excluding hydrogens is 212 g/mol. The average molecular weight is 220 g/mol. The van der Waals surface area contributed by atoms with Crippen LogP contribution in [0.3, 0.4) is 0 Å². The Morgan fingerprint density at radius 2 is 2.19 bits per heavy atom. The van der Waals surface area contributed by atoms with Crippen molar-refractivity contribution in [1.82, 2.24) is 0 Å². The Hall–Kier alpha value is -2.42. The summed E-state index contributed by atoms with van der Waals surface area (Å²) in [5, 5.41) is 18.7. The van der Waals surface area contributed by atoms with Crippen LogP contribution in [0.5, 0.6) is 5.75 Å². The molecule has 0 spiro atoms. The summed E-state index contributed by atoms with van der Waals surface area (Å²) in [6, 6.07) is 8.25. The normalized spacial score (nSPS) is 9.19. The lowest BCUT2D eigenvalue weighted by Crippen LogP contribution is -2.20. The van der Waals surface area contributed by atoms with Crippen molar-refractivity contribution < 1.29 is 14.5 Å². The summed E-state index contributed by atoms with van der Waals surface area (Å²) in [6.45, 7) is -1.17. The van der Waals surface area contributed by atoms with Crippen LogP contribution in [0.4, 0.5) is 0 Å². The Morgan fingerprint density at radius 1 is 1.50 bits per heavy atom. The lowest BCUT2D eigenvalue weighted by atomic mass is 10.2. The summed E-state index contributed by atoms with van der Waals surface area (Å²) in [5.74, 6) is -0.389. The highest BCUT2D eigenvalue weighted by molar-refractivity contribution is 5.81. The van der Waals surface area contributed by atoms with Crippen LogP contribution in [0, 0.1) is 21.4 Å². The maximum Gasteiger partial charge on any atom is 0.264 e. The minimum atomic E-state index is -0.769. The number of para-hydroxylation sites is 1. The van der Waals surface area contributed by atoms with Crippen molar-refractivity contribution in [3.63, 3.8) is 0 Å². The van der Waals surface area contributed by atoms with Crippen LogP contribution in [-0.4, -0.2) is 23.9 Å². The first-order valence-corrected chi connectivity index (χ1v) is 4.39. The molecule has 0 saturated carbocycles. The van der Waals surface area contributed by atoms with Crippen molar-refractivity contribution in [2.24, 2.45) is 0 Å². The van der Waals surface area contributed by atoms with Gasteiger partial charge in [0.2, 0.25) is 5.78 Å². The number of carbonyl (C=O) groups is 1. The van der Waals surface area contributed by atoms with E-state index in [2.05, 4.69) is 0 Å². The molecule has 16 heavy (non-hydrogen) atoms. The highest BCUT2D eigenvalue weighted by Crippen LogP contribution is 2.16. The number of nitro groups is 1. The van der Waals surface area contributed by atoms with Gasteiger partial charge in [0.05, 0.1) is 5.56 Å². The van der Waals surface area contributed by atoms with Crippen molar-refractivity contribution >= 4 is 5.78 Å². The summed E-state index contributed by atoms with van der Waals surface area (Å²) in [6.07, 6.45) is 0. The second-order valence-corrected chi connectivity index (χ2v) is 2.93. The second-order valence-electron chi connectivity index (χ2n) is 2.93. The molecule has 0 atom stereocenters. The zero-order valence-corrected chi connectivity index (χ0v) is 8.25. The molecule has 0 aliphatic rings. The molecule has 0 fully saturated rings. The number of Topliss-reactive ketones (excluding diaryl/α,β-unsaturated/α-hetero) is 1. The molecule has 1 aromatic carbocycles. The fourth-order valence-corrected chi connectivity index (χ4v) is 1.03. The minimum Gasteiger partial charge on any atom is -0.484 e. The van der Waals surface area contributed by atoms with Gasteiger partial charge in [-0.15, -0.1) is 0 Å². The van der Waals surface area contributed by atoms with Crippen molar-refractivity contribution in [3.8, 4) is 11.8 Å². The number of ether oxygens (including phenoxy) is 1. The molecule has 0 radical (unpaired) electrons. The van der Waals surface area contributed by atoms with Gasteiger partial charge in [0.15, 0.2) is 6.61 Å². The van der Waals surface area contributed by atoms with Crippen molar-refractivity contribution in [1.29, 1.82) is 5.26 Å². The number of benzene rings is 1. The molecule has 1 rings (SSSR count). The van der Waals surface area contributed by atoms with Gasteiger partial charge in [0.1, 0.15) is 11.8 Å². The first-order valence-electron chi connectivity index (χ1n) is 4.39. The molecule has 0 aromatic heterocycles. The number of hydrogen-bond acceptors (Lipinski definition) is 5. The molecule has 0 saturated heterocycles. The third-order valence-corrected chi connectivity index (χ3v) is 1.70. The number of nitriles is 1. The van der Waals surface area contributed by atoms with Crippen LogP contribution in [0.25, 0.3) is 0 Å². The maximum absolute atomic E-state index is 11.0. The molecule has 0 aliphatic heterocycles. The fraction of sp³-hybridized carbons (Fsp3) is 0.200. The predicted octanol–water partition coefficient (Wildman–Crippen LogP) is 0.783. The van der Waals surface area contributed by atoms with Crippen LogP contribution in [0.1, 0.15) is 5.56 Å². The maximum atomic E-state index is 11.0. The molecular formula is C10H8N2O4. The first kappa shape index (κ1) is 11.7. The van der Waals surface area contributed by atoms with Crippen LogP contribution >= 0.6 is 0 Å². The summed E-state index contributed by atoms with van der Waals surface area (Å²) in [5.41, 5.74) is 0.288. The molecule has 1 aromatic rings. The third kappa shape index (κ3) is 3.38. The van der Waals surface area contributed by atoms with E-state index in [0.29, 0.717) is 0 Å². The molecule has 0 amide bonds. The topological polar surface area (TPSA) is 93.2 Å². The predicted molar refractivity (Wildman–Crippen MR) is 53.5 cm³/mol. The molecule has 6 heteroatoms. The van der Waals surface area contributed by atoms with Crippen molar-refractivity contribution in [3.05, 3.63) is 39.9 Å². The summed E-state index contributed by atoms with van der Waals surface area (Å²) >= 11 is 0. The fourth-order valence-electron chi connectivity index (χ4n) is 1.03. The van der Waals surface area contributed by atoms with Gasteiger partial charge in [0, 0.05) is 4.92 Å². The van der Waals surface area contributed by atoms with E-state index in [-0.39, 0.29) is 11.3 Å². The molecule has 82 valence electrons. The minimum absolute atomic E-state index is 0.252. The Labute approximate surface area is 91.2 Å². The number of hydrogen-bond donors (Lipinski definition) is 0. The van der Waals surface area contributed by atoms with Gasteiger partial charge in [-0.25, -0.2) is 0 Å². The third-order valence-electron chi connectivity index (χ3n) is 1.70. The van der Waals surface area contributed by atoms with Crippen molar-refractivity contribution in [2.75, 3.05) is 13.2 Å². The summed E-state index contributed by atoms with van der Waals surface area (Å²) < 4.78 is 5.01.